The third-order valence-corrected chi connectivity index (χ3v) is 4.63. The Kier molecular flexibility index (Phi) is 3.91. The van der Waals surface area contributed by atoms with E-state index >= 15 is 0 Å². The molecule has 1 N–H and O–H groups in total. The molecule has 1 aromatic rings. The van der Waals surface area contributed by atoms with Crippen LogP contribution in [0, 0.1) is 30.6 Å². The van der Waals surface area contributed by atoms with Crippen molar-refractivity contribution in [2.45, 2.75) is 58.5 Å². The molecule has 0 radical (unpaired) electrons. The van der Waals surface area contributed by atoms with Crippen LogP contribution in [0.2, 0.25) is 0 Å². The van der Waals surface area contributed by atoms with Crippen LogP contribution in [-0.4, -0.2) is 12.6 Å². The van der Waals surface area contributed by atoms with Gasteiger partial charge in [-0.15, -0.1) is 0 Å². The quantitative estimate of drug-likeness (QED) is 0.831. The Balaban J connectivity index is 1.63. The molecule has 112 valence electrons. The fourth-order valence-corrected chi connectivity index (χ4v) is 2.86. The van der Waals surface area contributed by atoms with Gasteiger partial charge in [0.25, 0.3) is 0 Å². The third-order valence-electron chi connectivity index (χ3n) is 4.63. The number of aryl methyl sites for hydroxylation is 2. The summed E-state index contributed by atoms with van der Waals surface area (Å²) in [5, 5.41) is 12.4. The standard InChI is InChI=1S/C18H24N2O/c1-13-9-15(11-20-16-3-4-16)10-14(2)17(13)21-12-18(5-6-18)7-8-19/h9-10,16,20H,3-7,11-12H2,1-2H3. The molecule has 3 heteroatoms. The highest BCUT2D eigenvalue weighted by Gasteiger charge is 2.43. The van der Waals surface area contributed by atoms with Crippen LogP contribution in [0.5, 0.6) is 5.75 Å². The fraction of sp³-hybridized carbons (Fsp3) is 0.611. The summed E-state index contributed by atoms with van der Waals surface area (Å²) in [5.74, 6) is 1.01. The van der Waals surface area contributed by atoms with Crippen LogP contribution in [-0.2, 0) is 6.54 Å². The maximum atomic E-state index is 8.88. The van der Waals surface area contributed by atoms with E-state index in [1.54, 1.807) is 0 Å². The first-order valence-electron chi connectivity index (χ1n) is 7.95. The van der Waals surface area contributed by atoms with Gasteiger partial charge in [0.2, 0.25) is 0 Å². The van der Waals surface area contributed by atoms with Crippen LogP contribution in [0.1, 0.15) is 48.8 Å². The van der Waals surface area contributed by atoms with Crippen LogP contribution in [0.4, 0.5) is 0 Å². The summed E-state index contributed by atoms with van der Waals surface area (Å²) in [7, 11) is 0. The van der Waals surface area contributed by atoms with E-state index in [0.29, 0.717) is 13.0 Å². The van der Waals surface area contributed by atoms with Gasteiger partial charge in [0.15, 0.2) is 0 Å². The molecule has 0 aromatic heterocycles. The van der Waals surface area contributed by atoms with Crippen LogP contribution in [0.15, 0.2) is 12.1 Å². The van der Waals surface area contributed by atoms with Gasteiger partial charge in [-0.1, -0.05) is 12.1 Å². The van der Waals surface area contributed by atoms with Crippen molar-refractivity contribution in [3.05, 3.63) is 28.8 Å². The molecule has 3 nitrogen and oxygen atoms in total. The summed E-state index contributed by atoms with van der Waals surface area (Å²) in [6, 6.07) is 7.48. The van der Waals surface area contributed by atoms with E-state index in [9.17, 15) is 0 Å². The van der Waals surface area contributed by atoms with Gasteiger partial charge in [-0.3, -0.25) is 0 Å². The maximum Gasteiger partial charge on any atom is 0.125 e. The summed E-state index contributed by atoms with van der Waals surface area (Å²) < 4.78 is 6.07. The van der Waals surface area contributed by atoms with E-state index in [2.05, 4.69) is 37.4 Å². The van der Waals surface area contributed by atoms with Gasteiger partial charge in [-0.05, 0) is 56.2 Å². The third kappa shape index (κ3) is 3.57. The lowest BCUT2D eigenvalue weighted by Crippen LogP contribution is -2.16. The van der Waals surface area contributed by atoms with E-state index in [0.717, 1.165) is 31.2 Å². The Labute approximate surface area is 127 Å². The zero-order valence-electron chi connectivity index (χ0n) is 13.0. The van der Waals surface area contributed by atoms with Crippen molar-refractivity contribution in [3.63, 3.8) is 0 Å². The topological polar surface area (TPSA) is 45.0 Å². The molecule has 0 spiro atoms. The Morgan fingerprint density at radius 3 is 2.48 bits per heavy atom. The van der Waals surface area contributed by atoms with Crippen molar-refractivity contribution >= 4 is 0 Å². The zero-order valence-corrected chi connectivity index (χ0v) is 13.0. The van der Waals surface area contributed by atoms with Crippen LogP contribution < -0.4 is 10.1 Å². The second kappa shape index (κ2) is 5.69. The molecule has 0 amide bonds. The second-order valence-corrected chi connectivity index (χ2v) is 6.84. The van der Waals surface area contributed by atoms with Gasteiger partial charge in [-0.25, -0.2) is 0 Å². The molecule has 0 bridgehead atoms. The molecule has 0 saturated heterocycles. The fourth-order valence-electron chi connectivity index (χ4n) is 2.86. The van der Waals surface area contributed by atoms with Crippen molar-refractivity contribution < 1.29 is 4.74 Å². The predicted octanol–water partition coefficient (Wildman–Crippen LogP) is 3.63. The van der Waals surface area contributed by atoms with Gasteiger partial charge in [0, 0.05) is 24.4 Å². The number of nitrogens with one attached hydrogen (secondary N) is 1. The minimum Gasteiger partial charge on any atom is -0.492 e. The van der Waals surface area contributed by atoms with E-state index in [4.69, 9.17) is 10.00 Å². The Morgan fingerprint density at radius 1 is 1.29 bits per heavy atom. The summed E-state index contributed by atoms with van der Waals surface area (Å²) in [6.07, 6.45) is 5.51. The summed E-state index contributed by atoms with van der Waals surface area (Å²) in [6.45, 7) is 5.87. The van der Waals surface area contributed by atoms with Crippen LogP contribution >= 0.6 is 0 Å². The zero-order chi connectivity index (χ0) is 14.9. The molecule has 1 aromatic carbocycles. The number of rotatable bonds is 7. The number of ether oxygens (including phenoxy) is 1. The van der Waals surface area contributed by atoms with E-state index in [1.807, 2.05) is 0 Å². The highest BCUT2D eigenvalue weighted by Crippen LogP contribution is 2.49. The predicted molar refractivity (Wildman–Crippen MR) is 83.2 cm³/mol. The number of hydrogen-bond donors (Lipinski definition) is 1. The molecule has 0 unspecified atom stereocenters. The second-order valence-electron chi connectivity index (χ2n) is 6.84. The number of benzene rings is 1. The lowest BCUT2D eigenvalue weighted by atomic mass is 10.0. The average molecular weight is 284 g/mol. The average Bonchev–Trinajstić information content (AvgIpc) is 3.32. The molecule has 0 aliphatic heterocycles. The normalized spacial score (nSPS) is 19.1. The largest absolute Gasteiger partial charge is 0.492 e. The maximum absolute atomic E-state index is 8.88. The Bertz CT molecular complexity index is 542. The first-order valence-corrected chi connectivity index (χ1v) is 7.95. The van der Waals surface area contributed by atoms with E-state index in [-0.39, 0.29) is 5.41 Å². The molecule has 2 aliphatic carbocycles. The molecule has 2 fully saturated rings. The summed E-state index contributed by atoms with van der Waals surface area (Å²) in [4.78, 5) is 0. The van der Waals surface area contributed by atoms with Crippen molar-refractivity contribution in [1.82, 2.24) is 5.32 Å². The molecule has 2 saturated carbocycles. The lowest BCUT2D eigenvalue weighted by molar-refractivity contribution is 0.234. The molecular weight excluding hydrogens is 260 g/mol. The number of hydrogen-bond acceptors (Lipinski definition) is 3. The minimum atomic E-state index is 0.139. The number of nitrogens with zero attached hydrogens (tertiary/aromatic N) is 1. The van der Waals surface area contributed by atoms with Gasteiger partial charge in [0.05, 0.1) is 12.7 Å². The van der Waals surface area contributed by atoms with Gasteiger partial charge >= 0.3 is 0 Å². The molecule has 21 heavy (non-hydrogen) atoms. The Morgan fingerprint density at radius 2 is 1.95 bits per heavy atom. The molecule has 0 heterocycles. The lowest BCUT2D eigenvalue weighted by Gasteiger charge is -2.18. The summed E-state index contributed by atoms with van der Waals surface area (Å²) in [5.41, 5.74) is 3.88. The van der Waals surface area contributed by atoms with Crippen molar-refractivity contribution in [2.24, 2.45) is 5.41 Å². The first kappa shape index (κ1) is 14.4. The van der Waals surface area contributed by atoms with Crippen molar-refractivity contribution in [1.29, 1.82) is 5.26 Å². The SMILES string of the molecule is Cc1cc(CNC2CC2)cc(C)c1OCC1(CC#N)CC1. The highest BCUT2D eigenvalue weighted by molar-refractivity contribution is 5.43. The summed E-state index contributed by atoms with van der Waals surface area (Å²) >= 11 is 0. The minimum absolute atomic E-state index is 0.139. The highest BCUT2D eigenvalue weighted by atomic mass is 16.5. The van der Waals surface area contributed by atoms with Crippen LogP contribution in [0.25, 0.3) is 0 Å². The van der Waals surface area contributed by atoms with Gasteiger partial charge in [0.1, 0.15) is 5.75 Å². The van der Waals surface area contributed by atoms with E-state index in [1.165, 1.54) is 29.5 Å². The first-order chi connectivity index (χ1) is 10.1. The van der Waals surface area contributed by atoms with Crippen LogP contribution in [0.3, 0.4) is 0 Å². The Hall–Kier alpha value is -1.53. The van der Waals surface area contributed by atoms with E-state index < -0.39 is 0 Å². The molecule has 2 aliphatic rings. The van der Waals surface area contributed by atoms with Gasteiger partial charge in [-0.2, -0.15) is 5.26 Å². The number of nitriles is 1. The molecular formula is C18H24N2O. The molecule has 0 atom stereocenters. The molecule has 3 rings (SSSR count). The van der Waals surface area contributed by atoms with Crippen molar-refractivity contribution in [3.8, 4) is 11.8 Å². The van der Waals surface area contributed by atoms with Crippen molar-refractivity contribution in [2.75, 3.05) is 6.61 Å². The smallest absolute Gasteiger partial charge is 0.125 e. The van der Waals surface area contributed by atoms with Gasteiger partial charge < -0.3 is 10.1 Å². The monoisotopic (exact) mass is 284 g/mol.